The number of carboxylic acid groups (broad SMARTS) is 1. The van der Waals surface area contributed by atoms with E-state index in [4.69, 9.17) is 5.11 Å². The van der Waals surface area contributed by atoms with Crippen LogP contribution < -0.4 is 5.32 Å². The lowest BCUT2D eigenvalue weighted by Gasteiger charge is -2.19. The third kappa shape index (κ3) is 4.92. The second-order valence-corrected chi connectivity index (χ2v) is 7.86. The summed E-state index contributed by atoms with van der Waals surface area (Å²) in [6.45, 7) is -0.281. The standard InChI is InChI=1S/C14H12BrF2N3O4S/c1-25(23,24)13-18-6-11(15)12(20-13)10(5-19-14(21)22)7-2-8(16)4-9(17)3-7/h2-4,6,10,19H,5H2,1H3,(H,21,22). The van der Waals surface area contributed by atoms with E-state index in [1.54, 1.807) is 0 Å². The molecule has 7 nitrogen and oxygen atoms in total. The van der Waals surface area contributed by atoms with Gasteiger partial charge in [-0.2, -0.15) is 0 Å². The molecule has 0 aliphatic rings. The van der Waals surface area contributed by atoms with Gasteiger partial charge in [-0.3, -0.25) is 0 Å². The third-order valence-electron chi connectivity index (χ3n) is 3.16. The maximum atomic E-state index is 13.6. The number of halogens is 3. The molecule has 1 unspecified atom stereocenters. The van der Waals surface area contributed by atoms with Gasteiger partial charge >= 0.3 is 6.09 Å². The molecule has 1 aromatic heterocycles. The fraction of sp³-hybridized carbons (Fsp3) is 0.214. The molecular weight excluding hydrogens is 424 g/mol. The van der Waals surface area contributed by atoms with E-state index in [1.807, 2.05) is 0 Å². The highest BCUT2D eigenvalue weighted by molar-refractivity contribution is 9.10. The van der Waals surface area contributed by atoms with Crippen LogP contribution in [-0.4, -0.2) is 42.4 Å². The first-order valence-electron chi connectivity index (χ1n) is 6.73. The van der Waals surface area contributed by atoms with Gasteiger partial charge < -0.3 is 10.4 Å². The van der Waals surface area contributed by atoms with E-state index in [-0.39, 0.29) is 22.3 Å². The number of nitrogens with one attached hydrogen (secondary N) is 1. The van der Waals surface area contributed by atoms with Crippen LogP contribution in [0, 0.1) is 11.6 Å². The minimum atomic E-state index is -3.73. The van der Waals surface area contributed by atoms with Crippen LogP contribution in [0.15, 0.2) is 34.0 Å². The molecule has 0 aliphatic carbocycles. The maximum Gasteiger partial charge on any atom is 0.404 e. The molecule has 2 aromatic rings. The van der Waals surface area contributed by atoms with Crippen molar-refractivity contribution in [2.75, 3.05) is 12.8 Å². The molecule has 134 valence electrons. The lowest BCUT2D eigenvalue weighted by atomic mass is 9.95. The number of hydrogen-bond donors (Lipinski definition) is 2. The van der Waals surface area contributed by atoms with Gasteiger partial charge in [-0.1, -0.05) is 0 Å². The van der Waals surface area contributed by atoms with Crippen molar-refractivity contribution in [3.8, 4) is 0 Å². The topological polar surface area (TPSA) is 109 Å². The van der Waals surface area contributed by atoms with E-state index in [0.29, 0.717) is 6.07 Å². The third-order valence-corrected chi connectivity index (χ3v) is 4.63. The Morgan fingerprint density at radius 1 is 1.32 bits per heavy atom. The number of sulfone groups is 1. The van der Waals surface area contributed by atoms with Crippen LogP contribution in [0.2, 0.25) is 0 Å². The zero-order valence-corrected chi connectivity index (χ0v) is 15.1. The van der Waals surface area contributed by atoms with E-state index < -0.39 is 38.6 Å². The van der Waals surface area contributed by atoms with Crippen molar-refractivity contribution in [1.29, 1.82) is 0 Å². The van der Waals surface area contributed by atoms with Gasteiger partial charge in [0.15, 0.2) is 0 Å². The largest absolute Gasteiger partial charge is 0.465 e. The quantitative estimate of drug-likeness (QED) is 0.697. The number of rotatable bonds is 5. The molecule has 0 aliphatic heterocycles. The van der Waals surface area contributed by atoms with Crippen LogP contribution in [0.4, 0.5) is 13.6 Å². The number of hydrogen-bond acceptors (Lipinski definition) is 5. The van der Waals surface area contributed by atoms with E-state index in [1.165, 1.54) is 6.20 Å². The minimum Gasteiger partial charge on any atom is -0.465 e. The number of amides is 1. The molecule has 0 radical (unpaired) electrons. The highest BCUT2D eigenvalue weighted by atomic mass is 79.9. The summed E-state index contributed by atoms with van der Waals surface area (Å²) in [5, 5.41) is 10.4. The summed E-state index contributed by atoms with van der Waals surface area (Å²) < 4.78 is 50.7. The van der Waals surface area contributed by atoms with Crippen molar-refractivity contribution in [2.24, 2.45) is 0 Å². The Balaban J connectivity index is 2.61. The van der Waals surface area contributed by atoms with Gasteiger partial charge in [0.05, 0.1) is 10.2 Å². The molecule has 2 rings (SSSR count). The minimum absolute atomic E-state index is 0.0779. The summed E-state index contributed by atoms with van der Waals surface area (Å²) in [6, 6.07) is 2.71. The van der Waals surface area contributed by atoms with Gasteiger partial charge in [0.2, 0.25) is 15.0 Å². The van der Waals surface area contributed by atoms with Crippen LogP contribution in [-0.2, 0) is 9.84 Å². The molecule has 0 saturated carbocycles. The highest BCUT2D eigenvalue weighted by Crippen LogP contribution is 2.30. The number of benzene rings is 1. The molecule has 1 amide bonds. The van der Waals surface area contributed by atoms with Crippen LogP contribution in [0.25, 0.3) is 0 Å². The van der Waals surface area contributed by atoms with E-state index in [0.717, 1.165) is 18.4 Å². The van der Waals surface area contributed by atoms with Crippen LogP contribution in [0.3, 0.4) is 0 Å². The number of aromatic nitrogens is 2. The maximum absolute atomic E-state index is 13.6. The lowest BCUT2D eigenvalue weighted by Crippen LogP contribution is -2.28. The average Bonchev–Trinajstić information content (AvgIpc) is 2.46. The molecule has 0 bridgehead atoms. The Hall–Kier alpha value is -2.14. The van der Waals surface area contributed by atoms with Crippen LogP contribution in [0.1, 0.15) is 17.2 Å². The SMILES string of the molecule is CS(=O)(=O)c1ncc(Br)c(C(CNC(=O)O)c2cc(F)cc(F)c2)n1. The van der Waals surface area contributed by atoms with E-state index in [2.05, 4.69) is 31.2 Å². The Bertz CT molecular complexity index is 904. The molecule has 2 N–H and O–H groups in total. The molecule has 1 heterocycles. The first kappa shape index (κ1) is 19.2. The van der Waals surface area contributed by atoms with Gasteiger partial charge in [0.1, 0.15) is 11.6 Å². The van der Waals surface area contributed by atoms with Crippen molar-refractivity contribution >= 4 is 31.9 Å². The highest BCUT2D eigenvalue weighted by Gasteiger charge is 2.24. The zero-order valence-electron chi connectivity index (χ0n) is 12.7. The van der Waals surface area contributed by atoms with Crippen LogP contribution >= 0.6 is 15.9 Å². The molecule has 0 fully saturated rings. The van der Waals surface area contributed by atoms with Gasteiger partial charge in [0.25, 0.3) is 0 Å². The first-order chi connectivity index (χ1) is 11.6. The molecule has 0 spiro atoms. The normalized spacial score (nSPS) is 12.6. The second-order valence-electron chi connectivity index (χ2n) is 5.10. The summed E-state index contributed by atoms with van der Waals surface area (Å²) in [5.41, 5.74) is 0.166. The van der Waals surface area contributed by atoms with Gasteiger partial charge in [-0.15, -0.1) is 0 Å². The van der Waals surface area contributed by atoms with E-state index >= 15 is 0 Å². The molecule has 1 aromatic carbocycles. The fourth-order valence-electron chi connectivity index (χ4n) is 2.12. The predicted molar refractivity (Wildman–Crippen MR) is 87.1 cm³/mol. The van der Waals surface area contributed by atoms with Crippen LogP contribution in [0.5, 0.6) is 0 Å². The summed E-state index contributed by atoms with van der Waals surface area (Å²) >= 11 is 3.16. The molecule has 25 heavy (non-hydrogen) atoms. The Morgan fingerprint density at radius 3 is 2.44 bits per heavy atom. The summed E-state index contributed by atoms with van der Waals surface area (Å²) in [7, 11) is -3.73. The van der Waals surface area contributed by atoms with E-state index in [9.17, 15) is 22.0 Å². The Labute approximate surface area is 150 Å². The molecule has 11 heteroatoms. The predicted octanol–water partition coefficient (Wildman–Crippen LogP) is 2.32. The number of nitrogens with zero attached hydrogens (tertiary/aromatic N) is 2. The Morgan fingerprint density at radius 2 is 1.92 bits per heavy atom. The zero-order chi connectivity index (χ0) is 18.8. The number of carbonyl (C=O) groups is 1. The molecule has 0 saturated heterocycles. The summed E-state index contributed by atoms with van der Waals surface area (Å²) in [4.78, 5) is 18.4. The van der Waals surface area contributed by atoms with Gasteiger partial charge in [-0.05, 0) is 33.6 Å². The summed E-state index contributed by atoms with van der Waals surface area (Å²) in [6.07, 6.45) is 0.740. The molecule has 1 atom stereocenters. The molecular formula is C14H12BrF2N3O4S. The second kappa shape index (κ2) is 7.40. The van der Waals surface area contributed by atoms with Gasteiger partial charge in [0, 0.05) is 31.0 Å². The van der Waals surface area contributed by atoms with Crippen molar-refractivity contribution in [3.05, 3.63) is 51.8 Å². The van der Waals surface area contributed by atoms with Crippen molar-refractivity contribution in [2.45, 2.75) is 11.1 Å². The summed E-state index contributed by atoms with van der Waals surface area (Å²) in [5.74, 6) is -2.66. The Kier molecular flexibility index (Phi) is 5.68. The monoisotopic (exact) mass is 435 g/mol. The fourth-order valence-corrected chi connectivity index (χ4v) is 3.10. The van der Waals surface area contributed by atoms with Gasteiger partial charge in [-0.25, -0.2) is 32.0 Å². The van der Waals surface area contributed by atoms with Crippen molar-refractivity contribution in [3.63, 3.8) is 0 Å². The smallest absolute Gasteiger partial charge is 0.404 e. The van der Waals surface area contributed by atoms with Crippen molar-refractivity contribution < 1.29 is 27.1 Å². The first-order valence-corrected chi connectivity index (χ1v) is 9.41. The lowest BCUT2D eigenvalue weighted by molar-refractivity contribution is 0.194. The average molecular weight is 436 g/mol. The van der Waals surface area contributed by atoms with Crippen molar-refractivity contribution in [1.82, 2.24) is 15.3 Å².